The van der Waals surface area contributed by atoms with Gasteiger partial charge in [-0.2, -0.15) is 0 Å². The number of para-hydroxylation sites is 1. The highest BCUT2D eigenvalue weighted by atomic mass is 32.2. The lowest BCUT2D eigenvalue weighted by Gasteiger charge is -2.19. The van der Waals surface area contributed by atoms with Gasteiger partial charge in [-0.1, -0.05) is 18.2 Å². The van der Waals surface area contributed by atoms with Crippen LogP contribution in [0, 0.1) is 0 Å². The third-order valence-electron chi connectivity index (χ3n) is 3.68. The Hall–Kier alpha value is -3.52. The van der Waals surface area contributed by atoms with Crippen molar-refractivity contribution in [3.63, 3.8) is 0 Å². The summed E-state index contributed by atoms with van der Waals surface area (Å²) < 4.78 is 30.1. The van der Waals surface area contributed by atoms with Crippen LogP contribution >= 0.6 is 0 Å². The first kappa shape index (κ1) is 18.3. The third kappa shape index (κ3) is 4.18. The van der Waals surface area contributed by atoms with Gasteiger partial charge in [0.25, 0.3) is 0 Å². The highest BCUT2D eigenvalue weighted by Gasteiger charge is 2.16. The maximum atomic E-state index is 11.7. The molecule has 0 saturated carbocycles. The number of aromatic hydroxyl groups is 1. The van der Waals surface area contributed by atoms with Crippen molar-refractivity contribution in [3.05, 3.63) is 78.4 Å². The number of phenols is 1. The Balaban J connectivity index is 1.89. The molecule has 3 rings (SSSR count). The molecule has 8 heteroatoms. The molecule has 0 aliphatic rings. The normalized spacial score (nSPS) is 10.6. The molecule has 0 atom stereocenters. The van der Waals surface area contributed by atoms with Crippen LogP contribution in [0.3, 0.4) is 0 Å². The van der Waals surface area contributed by atoms with Crippen LogP contribution < -0.4 is 9.04 Å². The number of ether oxygens (including phenoxy) is 1. The predicted octanol–water partition coefficient (Wildman–Crippen LogP) is 3.55. The molecule has 27 heavy (non-hydrogen) atoms. The van der Waals surface area contributed by atoms with Gasteiger partial charge in [0.2, 0.25) is 10.9 Å². The van der Waals surface area contributed by atoms with Crippen molar-refractivity contribution in [2.75, 3.05) is 4.31 Å². The van der Waals surface area contributed by atoms with Crippen molar-refractivity contribution >= 4 is 28.2 Å². The van der Waals surface area contributed by atoms with E-state index in [1.54, 1.807) is 36.4 Å². The van der Waals surface area contributed by atoms with Gasteiger partial charge in [-0.25, -0.2) is 17.5 Å². The highest BCUT2D eigenvalue weighted by molar-refractivity contribution is 7.74. The number of hydrogen-bond acceptors (Lipinski definition) is 5. The molecule has 0 saturated heterocycles. The van der Waals surface area contributed by atoms with Crippen molar-refractivity contribution in [2.24, 2.45) is 0 Å². The number of nitrogens with zero attached hydrogens (tertiary/aromatic N) is 1. The van der Waals surface area contributed by atoms with Crippen molar-refractivity contribution in [1.29, 1.82) is 0 Å². The molecular formula is C19H15NO6S. The summed E-state index contributed by atoms with van der Waals surface area (Å²) >= 11 is 0. The average Bonchev–Trinajstić information content (AvgIpc) is 2.64. The number of rotatable bonds is 6. The molecule has 0 heterocycles. The first-order chi connectivity index (χ1) is 13.0. The second kappa shape index (κ2) is 7.79. The minimum atomic E-state index is -3.08. The Bertz CT molecular complexity index is 1020. The summed E-state index contributed by atoms with van der Waals surface area (Å²) in [6.07, 6.45) is 0. The third-order valence-corrected chi connectivity index (χ3v) is 4.47. The quantitative estimate of drug-likeness (QED) is 0.561. The first-order valence-corrected chi connectivity index (χ1v) is 8.92. The second-order valence-electron chi connectivity index (χ2n) is 5.47. The number of hydrogen-bond donors (Lipinski definition) is 3. The molecule has 0 aromatic heterocycles. The first-order valence-electron chi connectivity index (χ1n) is 7.79. The minimum absolute atomic E-state index is 0.116. The van der Waals surface area contributed by atoms with E-state index in [-0.39, 0.29) is 11.3 Å². The molecule has 2 N–H and O–H groups in total. The van der Waals surface area contributed by atoms with Gasteiger partial charge in [-0.3, -0.25) is 0 Å². The van der Waals surface area contributed by atoms with E-state index in [1.165, 1.54) is 6.07 Å². The van der Waals surface area contributed by atoms with Gasteiger partial charge in [-0.15, -0.1) is 0 Å². The van der Waals surface area contributed by atoms with E-state index in [1.807, 2.05) is 18.2 Å². The zero-order valence-electron chi connectivity index (χ0n) is 13.9. The van der Waals surface area contributed by atoms with Crippen molar-refractivity contribution in [3.8, 4) is 17.2 Å². The molecule has 3 aromatic carbocycles. The fraction of sp³-hybridized carbons (Fsp3) is 0. The largest absolute Gasteiger partial charge is 0.507 e. The van der Waals surface area contributed by atoms with Crippen LogP contribution in [-0.2, 0) is 10.9 Å². The van der Waals surface area contributed by atoms with Crippen molar-refractivity contribution < 1.29 is 28.2 Å². The zero-order valence-corrected chi connectivity index (χ0v) is 14.7. The lowest BCUT2D eigenvalue weighted by atomic mass is 10.1. The standard InChI is InChI=1S/C19H15NO6S/c21-18-12-14(8-11-17(18)19(22)23)20(27(24)25)13-6-9-16(10-7-13)26-15-4-2-1-3-5-15/h1-12,21,27H,(H,22,23). The minimum Gasteiger partial charge on any atom is -0.507 e. The monoisotopic (exact) mass is 385 g/mol. The van der Waals surface area contributed by atoms with E-state index in [9.17, 15) is 18.3 Å². The average molecular weight is 385 g/mol. The molecule has 0 aliphatic carbocycles. The van der Waals surface area contributed by atoms with Crippen molar-refractivity contribution in [1.82, 2.24) is 0 Å². The zero-order chi connectivity index (χ0) is 19.4. The number of anilines is 2. The topological polar surface area (TPSA) is 104 Å². The van der Waals surface area contributed by atoms with E-state index in [4.69, 9.17) is 9.84 Å². The summed E-state index contributed by atoms with van der Waals surface area (Å²) in [4.78, 5) is 11.0. The Labute approximate surface area is 156 Å². The van der Waals surface area contributed by atoms with Crippen LogP contribution in [0.25, 0.3) is 0 Å². The summed E-state index contributed by atoms with van der Waals surface area (Å²) in [7, 11) is -3.08. The van der Waals surface area contributed by atoms with E-state index >= 15 is 0 Å². The SMILES string of the molecule is O=C(O)c1ccc(N(c2ccc(Oc3ccccc3)cc2)[SH](=O)=O)cc1O. The van der Waals surface area contributed by atoms with E-state index in [0.29, 0.717) is 17.2 Å². The molecule has 138 valence electrons. The Morgan fingerprint density at radius 2 is 1.44 bits per heavy atom. The van der Waals surface area contributed by atoms with Gasteiger partial charge in [0.05, 0.1) is 11.4 Å². The smallest absolute Gasteiger partial charge is 0.339 e. The van der Waals surface area contributed by atoms with Crippen LogP contribution in [0.1, 0.15) is 10.4 Å². The molecule has 7 nitrogen and oxygen atoms in total. The van der Waals surface area contributed by atoms with E-state index < -0.39 is 22.6 Å². The fourth-order valence-electron chi connectivity index (χ4n) is 2.45. The molecule has 0 radical (unpaired) electrons. The van der Waals surface area contributed by atoms with Crippen LogP contribution in [0.5, 0.6) is 17.2 Å². The van der Waals surface area contributed by atoms with Crippen LogP contribution in [0.2, 0.25) is 0 Å². The lowest BCUT2D eigenvalue weighted by molar-refractivity contribution is 0.0694. The maximum absolute atomic E-state index is 11.7. The fourth-order valence-corrected chi connectivity index (χ4v) is 3.09. The van der Waals surface area contributed by atoms with Gasteiger partial charge < -0.3 is 14.9 Å². The molecule has 0 bridgehead atoms. The summed E-state index contributed by atoms with van der Waals surface area (Å²) in [5.41, 5.74) is 0.116. The Morgan fingerprint density at radius 1 is 0.852 bits per heavy atom. The number of benzene rings is 3. The Morgan fingerprint density at radius 3 is 2.00 bits per heavy atom. The number of aromatic carboxylic acids is 1. The maximum Gasteiger partial charge on any atom is 0.339 e. The lowest BCUT2D eigenvalue weighted by Crippen LogP contribution is -2.14. The van der Waals surface area contributed by atoms with Gasteiger partial charge in [0.1, 0.15) is 22.8 Å². The van der Waals surface area contributed by atoms with E-state index in [2.05, 4.69) is 0 Å². The Kier molecular flexibility index (Phi) is 5.28. The summed E-state index contributed by atoms with van der Waals surface area (Å²) in [5, 5.41) is 18.8. The van der Waals surface area contributed by atoms with Crippen molar-refractivity contribution in [2.45, 2.75) is 0 Å². The molecule has 0 spiro atoms. The molecule has 0 aliphatic heterocycles. The molecule has 0 unspecified atom stereocenters. The van der Waals surface area contributed by atoms with Gasteiger partial charge in [0.15, 0.2) is 0 Å². The van der Waals surface area contributed by atoms with Gasteiger partial charge in [-0.05, 0) is 48.5 Å². The number of thiol groups is 1. The van der Waals surface area contributed by atoms with Gasteiger partial charge in [0, 0.05) is 6.07 Å². The van der Waals surface area contributed by atoms with Crippen LogP contribution in [0.15, 0.2) is 72.8 Å². The molecule has 0 amide bonds. The summed E-state index contributed by atoms with van der Waals surface area (Å²) in [6, 6.07) is 19.0. The number of carboxylic acids is 1. The van der Waals surface area contributed by atoms with Crippen LogP contribution in [0.4, 0.5) is 11.4 Å². The second-order valence-corrected chi connectivity index (χ2v) is 6.34. The molecule has 3 aromatic rings. The highest BCUT2D eigenvalue weighted by Crippen LogP contribution is 2.32. The van der Waals surface area contributed by atoms with Gasteiger partial charge >= 0.3 is 5.97 Å². The number of carbonyl (C=O) groups is 1. The predicted molar refractivity (Wildman–Crippen MR) is 100 cm³/mol. The number of carboxylic acid groups (broad SMARTS) is 1. The molecule has 0 fully saturated rings. The van der Waals surface area contributed by atoms with E-state index in [0.717, 1.165) is 16.4 Å². The molecular weight excluding hydrogens is 370 g/mol. The van der Waals surface area contributed by atoms with Crippen LogP contribution in [-0.4, -0.2) is 24.6 Å². The summed E-state index contributed by atoms with van der Waals surface area (Å²) in [6.45, 7) is 0. The summed E-state index contributed by atoms with van der Waals surface area (Å²) in [5.74, 6) is -0.660.